The normalized spacial score (nSPS) is 12.3. The van der Waals surface area contributed by atoms with Gasteiger partial charge >= 0.3 is 12.1 Å². The van der Waals surface area contributed by atoms with Gasteiger partial charge in [0.2, 0.25) is 0 Å². The number of rotatable bonds is 9. The van der Waals surface area contributed by atoms with Crippen LogP contribution < -0.4 is 4.74 Å². The number of carbonyl (C=O) groups excluding carboxylic acids is 2. The van der Waals surface area contributed by atoms with Crippen LogP contribution in [0.1, 0.15) is 61.8 Å². The van der Waals surface area contributed by atoms with E-state index in [2.05, 4.69) is 0 Å². The van der Waals surface area contributed by atoms with Crippen LogP contribution in [-0.2, 0) is 22.4 Å². The Morgan fingerprint density at radius 2 is 1.58 bits per heavy atom. The van der Waals surface area contributed by atoms with Crippen LogP contribution in [0, 0.1) is 0 Å². The molecule has 4 nitrogen and oxygen atoms in total. The Labute approximate surface area is 229 Å². The fraction of sp³-hybridized carbons (Fsp3) is 0.379. The van der Waals surface area contributed by atoms with Crippen molar-refractivity contribution >= 4 is 34.7 Å². The maximum absolute atomic E-state index is 12.8. The van der Waals surface area contributed by atoms with Crippen molar-refractivity contribution in [3.8, 4) is 16.2 Å². The SMILES string of the molecule is CC(C)(C)OC(=O)C(C)(C)Oc1ccc(CCC(=O)c2ccc(-c3ccc(CC(F)(F)F)cc3)s2)c(Cl)c1. The number of alkyl halides is 3. The molecule has 3 aromatic rings. The van der Waals surface area contributed by atoms with Crippen LogP contribution in [0.25, 0.3) is 10.4 Å². The molecule has 1 heterocycles. The van der Waals surface area contributed by atoms with Crippen LogP contribution >= 0.6 is 22.9 Å². The predicted molar refractivity (Wildman–Crippen MR) is 144 cm³/mol. The molecule has 0 bridgehead atoms. The summed E-state index contributed by atoms with van der Waals surface area (Å²) in [7, 11) is 0. The lowest BCUT2D eigenvalue weighted by Gasteiger charge is -2.29. The van der Waals surface area contributed by atoms with Gasteiger partial charge in [0, 0.05) is 16.3 Å². The molecule has 0 N–H and O–H groups in total. The first kappa shape index (κ1) is 29.7. The maximum Gasteiger partial charge on any atom is 0.393 e. The first-order valence-electron chi connectivity index (χ1n) is 12.0. The Morgan fingerprint density at radius 1 is 0.921 bits per heavy atom. The number of hydrogen-bond donors (Lipinski definition) is 0. The number of aryl methyl sites for hydroxylation is 1. The summed E-state index contributed by atoms with van der Waals surface area (Å²) in [6, 6.07) is 14.8. The molecule has 0 atom stereocenters. The van der Waals surface area contributed by atoms with E-state index in [1.54, 1.807) is 77.1 Å². The summed E-state index contributed by atoms with van der Waals surface area (Å²) in [5, 5.41) is 0.418. The van der Waals surface area contributed by atoms with Gasteiger partial charge in [0.1, 0.15) is 11.4 Å². The van der Waals surface area contributed by atoms with Crippen molar-refractivity contribution in [2.24, 2.45) is 0 Å². The van der Waals surface area contributed by atoms with E-state index in [0.717, 1.165) is 16.0 Å². The largest absolute Gasteiger partial charge is 0.476 e. The van der Waals surface area contributed by atoms with Crippen molar-refractivity contribution in [2.75, 3.05) is 0 Å². The topological polar surface area (TPSA) is 52.6 Å². The van der Waals surface area contributed by atoms with Gasteiger partial charge in [-0.05, 0) is 82.0 Å². The molecular formula is C29H30ClF3O4S. The van der Waals surface area contributed by atoms with Crippen LogP contribution in [-0.4, -0.2) is 29.1 Å². The number of halogens is 4. The molecule has 0 aliphatic heterocycles. The van der Waals surface area contributed by atoms with Crippen molar-refractivity contribution in [2.45, 2.75) is 71.3 Å². The summed E-state index contributed by atoms with van der Waals surface area (Å²) in [6.07, 6.45) is -4.59. The summed E-state index contributed by atoms with van der Waals surface area (Å²) in [4.78, 5) is 26.6. The minimum Gasteiger partial charge on any atom is -0.476 e. The number of Topliss-reactive ketones (excluding diaryl/α,β-unsaturated/α-hetero) is 1. The van der Waals surface area contributed by atoms with E-state index in [1.807, 2.05) is 0 Å². The molecule has 0 unspecified atom stereocenters. The number of ether oxygens (including phenoxy) is 2. The third kappa shape index (κ3) is 8.60. The average Bonchev–Trinajstić information content (AvgIpc) is 3.27. The summed E-state index contributed by atoms with van der Waals surface area (Å²) < 4.78 is 49.0. The van der Waals surface area contributed by atoms with E-state index in [9.17, 15) is 22.8 Å². The van der Waals surface area contributed by atoms with Gasteiger partial charge in [0.15, 0.2) is 11.4 Å². The van der Waals surface area contributed by atoms with E-state index in [0.29, 0.717) is 22.1 Å². The molecular weight excluding hydrogens is 537 g/mol. The van der Waals surface area contributed by atoms with Gasteiger partial charge in [-0.2, -0.15) is 13.2 Å². The first-order chi connectivity index (χ1) is 17.5. The lowest BCUT2D eigenvalue weighted by atomic mass is 10.1. The monoisotopic (exact) mass is 566 g/mol. The second-order valence-corrected chi connectivity index (χ2v) is 11.9. The van der Waals surface area contributed by atoms with Gasteiger partial charge in [-0.15, -0.1) is 11.3 Å². The zero-order chi connectivity index (χ0) is 28.3. The number of ketones is 1. The van der Waals surface area contributed by atoms with E-state index in [4.69, 9.17) is 21.1 Å². The van der Waals surface area contributed by atoms with E-state index in [1.165, 1.54) is 23.5 Å². The number of esters is 1. The first-order valence-corrected chi connectivity index (χ1v) is 13.2. The van der Waals surface area contributed by atoms with Crippen molar-refractivity contribution in [1.29, 1.82) is 0 Å². The molecule has 0 radical (unpaired) electrons. The molecule has 2 aromatic carbocycles. The van der Waals surface area contributed by atoms with Gasteiger partial charge in [-0.1, -0.05) is 41.9 Å². The van der Waals surface area contributed by atoms with Crippen LogP contribution in [0.3, 0.4) is 0 Å². The van der Waals surface area contributed by atoms with Crippen LogP contribution in [0.2, 0.25) is 5.02 Å². The minimum absolute atomic E-state index is 0.0580. The third-order valence-electron chi connectivity index (χ3n) is 5.43. The number of benzene rings is 2. The maximum atomic E-state index is 12.8. The van der Waals surface area contributed by atoms with Crippen molar-refractivity contribution < 1.29 is 32.2 Å². The quantitative estimate of drug-likeness (QED) is 0.192. The van der Waals surface area contributed by atoms with Gasteiger partial charge in [-0.25, -0.2) is 4.79 Å². The fourth-order valence-corrected chi connectivity index (χ4v) is 4.81. The van der Waals surface area contributed by atoms with Gasteiger partial charge in [0.05, 0.1) is 11.3 Å². The van der Waals surface area contributed by atoms with Crippen molar-refractivity contribution in [3.63, 3.8) is 0 Å². The lowest BCUT2D eigenvalue weighted by Crippen LogP contribution is -2.43. The number of thiophene rings is 1. The fourth-order valence-electron chi connectivity index (χ4n) is 3.56. The average molecular weight is 567 g/mol. The zero-order valence-electron chi connectivity index (χ0n) is 21.9. The molecule has 0 aliphatic carbocycles. The highest BCUT2D eigenvalue weighted by Gasteiger charge is 2.35. The highest BCUT2D eigenvalue weighted by atomic mass is 35.5. The number of carbonyl (C=O) groups is 2. The zero-order valence-corrected chi connectivity index (χ0v) is 23.4. The molecule has 9 heteroatoms. The molecule has 0 aliphatic rings. The lowest BCUT2D eigenvalue weighted by molar-refractivity contribution is -0.170. The Bertz CT molecular complexity index is 1290. The van der Waals surface area contributed by atoms with E-state index >= 15 is 0 Å². The highest BCUT2D eigenvalue weighted by Crippen LogP contribution is 2.32. The second kappa shape index (κ2) is 11.5. The second-order valence-electron chi connectivity index (χ2n) is 10.4. The van der Waals surface area contributed by atoms with Crippen LogP contribution in [0.5, 0.6) is 5.75 Å². The van der Waals surface area contributed by atoms with Gasteiger partial charge in [0.25, 0.3) is 0 Å². The minimum atomic E-state index is -4.25. The molecule has 1 aromatic heterocycles. The molecule has 3 rings (SSSR count). The van der Waals surface area contributed by atoms with Crippen LogP contribution in [0.15, 0.2) is 54.6 Å². The standard InChI is InChI=1S/C29H30ClF3O4S/c1-27(2,3)37-26(35)28(4,5)36-21-12-10-19(22(30)16-21)11-13-23(34)25-15-14-24(38-25)20-8-6-18(7-9-20)17-29(31,32)33/h6-10,12,14-16H,11,13,17H2,1-5H3. The molecule has 0 fully saturated rings. The van der Waals surface area contributed by atoms with E-state index in [-0.39, 0.29) is 17.8 Å². The molecule has 0 amide bonds. The van der Waals surface area contributed by atoms with Gasteiger partial charge in [-0.3, -0.25) is 4.79 Å². The molecule has 204 valence electrons. The molecule has 0 spiro atoms. The van der Waals surface area contributed by atoms with E-state index < -0.39 is 29.8 Å². The molecule has 0 saturated heterocycles. The molecule has 38 heavy (non-hydrogen) atoms. The Kier molecular flexibility index (Phi) is 8.99. The highest BCUT2D eigenvalue weighted by molar-refractivity contribution is 7.17. The summed E-state index contributed by atoms with van der Waals surface area (Å²) in [6.45, 7) is 8.58. The number of hydrogen-bond acceptors (Lipinski definition) is 5. The molecule has 0 saturated carbocycles. The van der Waals surface area contributed by atoms with Gasteiger partial charge < -0.3 is 9.47 Å². The summed E-state index contributed by atoms with van der Waals surface area (Å²) in [5.74, 6) is -0.147. The smallest absolute Gasteiger partial charge is 0.393 e. The summed E-state index contributed by atoms with van der Waals surface area (Å²) >= 11 is 7.73. The predicted octanol–water partition coefficient (Wildman–Crippen LogP) is 8.49. The van der Waals surface area contributed by atoms with Crippen LogP contribution in [0.4, 0.5) is 13.2 Å². The Morgan fingerprint density at radius 3 is 2.16 bits per heavy atom. The van der Waals surface area contributed by atoms with Crippen molar-refractivity contribution in [3.05, 3.63) is 75.6 Å². The Balaban J connectivity index is 1.60. The van der Waals surface area contributed by atoms with Crippen molar-refractivity contribution in [1.82, 2.24) is 0 Å². The third-order valence-corrected chi connectivity index (χ3v) is 6.96. The Hall–Kier alpha value is -2.84. The summed E-state index contributed by atoms with van der Waals surface area (Å²) in [5.41, 5.74) is -0.150.